The zero-order chi connectivity index (χ0) is 10.4. The minimum absolute atomic E-state index is 0.149. The van der Waals surface area contributed by atoms with Crippen molar-refractivity contribution in [2.45, 2.75) is 37.8 Å². The molecule has 0 aromatic carbocycles. The Labute approximate surface area is 84.5 Å². The van der Waals surface area contributed by atoms with E-state index in [1.165, 1.54) is 0 Å². The molecule has 3 N–H and O–H groups in total. The zero-order valence-corrected chi connectivity index (χ0v) is 8.53. The number of rotatable bonds is 2. The second-order valence-corrected chi connectivity index (χ2v) is 3.54. The number of nitrogens with one attached hydrogen (secondary N) is 1. The lowest BCUT2D eigenvalue weighted by molar-refractivity contribution is 0.121. The lowest BCUT2D eigenvalue weighted by Crippen LogP contribution is -2.29. The summed E-state index contributed by atoms with van der Waals surface area (Å²) >= 11 is 0. The van der Waals surface area contributed by atoms with E-state index in [-0.39, 0.29) is 6.10 Å². The molecular formula is C10H18N2O2. The van der Waals surface area contributed by atoms with Gasteiger partial charge in [0.25, 0.3) is 0 Å². The minimum Gasteiger partial charge on any atom is -0.442 e. The lowest BCUT2D eigenvalue weighted by atomic mass is 9.99. The first kappa shape index (κ1) is 11.0. The van der Waals surface area contributed by atoms with E-state index in [9.17, 15) is 4.79 Å². The molecule has 0 saturated heterocycles. The average molecular weight is 198 g/mol. The molecule has 0 radical (unpaired) electrons. The fourth-order valence-corrected chi connectivity index (χ4v) is 1.69. The van der Waals surface area contributed by atoms with Gasteiger partial charge in [-0.1, -0.05) is 6.08 Å². The van der Waals surface area contributed by atoms with E-state index in [4.69, 9.17) is 10.5 Å². The fourth-order valence-electron chi connectivity index (χ4n) is 1.69. The van der Waals surface area contributed by atoms with Crippen molar-refractivity contribution >= 4 is 6.09 Å². The van der Waals surface area contributed by atoms with Crippen LogP contribution in [-0.4, -0.2) is 25.3 Å². The smallest absolute Gasteiger partial charge is 0.405 e. The lowest BCUT2D eigenvalue weighted by Gasteiger charge is -2.20. The van der Waals surface area contributed by atoms with E-state index >= 15 is 0 Å². The molecule has 1 rings (SSSR count). The maximum atomic E-state index is 10.6. The van der Waals surface area contributed by atoms with Crippen LogP contribution in [-0.2, 0) is 4.74 Å². The highest BCUT2D eigenvalue weighted by Gasteiger charge is 2.14. The van der Waals surface area contributed by atoms with Crippen LogP contribution in [0.4, 0.5) is 4.79 Å². The van der Waals surface area contributed by atoms with Gasteiger partial charge in [0.05, 0.1) is 0 Å². The Hall–Kier alpha value is -1.03. The Bertz CT molecular complexity index is 216. The number of allylic oxidation sites excluding steroid dienone is 1. The number of ether oxygens (including phenoxy) is 1. The van der Waals surface area contributed by atoms with E-state index in [2.05, 4.69) is 11.4 Å². The number of carbonyl (C=O) groups excluding carboxylic acids is 1. The molecule has 0 aromatic rings. The van der Waals surface area contributed by atoms with Gasteiger partial charge in [0.2, 0.25) is 0 Å². The van der Waals surface area contributed by atoms with Gasteiger partial charge in [-0.05, 0) is 38.8 Å². The number of hydrogen-bond acceptors (Lipinski definition) is 3. The molecule has 0 aromatic heterocycles. The summed E-state index contributed by atoms with van der Waals surface area (Å²) in [6.45, 7) is 0. The third-order valence-electron chi connectivity index (χ3n) is 2.51. The molecule has 0 heterocycles. The largest absolute Gasteiger partial charge is 0.442 e. The van der Waals surface area contributed by atoms with Gasteiger partial charge < -0.3 is 15.8 Å². The molecule has 1 amide bonds. The number of nitrogens with two attached hydrogens (primary N) is 1. The molecule has 0 aliphatic heterocycles. The minimum atomic E-state index is -0.693. The van der Waals surface area contributed by atoms with Gasteiger partial charge in [-0.2, -0.15) is 0 Å². The first-order valence-corrected chi connectivity index (χ1v) is 5.02. The van der Waals surface area contributed by atoms with Crippen molar-refractivity contribution in [2.75, 3.05) is 7.05 Å². The summed E-state index contributed by atoms with van der Waals surface area (Å²) in [7, 11) is 1.96. The number of primary amides is 1. The van der Waals surface area contributed by atoms with Crippen molar-refractivity contribution < 1.29 is 9.53 Å². The summed E-state index contributed by atoms with van der Waals surface area (Å²) in [5, 5.41) is 3.24. The summed E-state index contributed by atoms with van der Waals surface area (Å²) in [5.74, 6) is 0. The molecule has 14 heavy (non-hydrogen) atoms. The first-order chi connectivity index (χ1) is 6.72. The Balaban J connectivity index is 2.44. The molecule has 0 spiro atoms. The Morgan fingerprint density at radius 1 is 1.50 bits per heavy atom. The molecule has 0 saturated carbocycles. The third kappa shape index (κ3) is 3.79. The van der Waals surface area contributed by atoms with Crippen molar-refractivity contribution in [3.63, 3.8) is 0 Å². The van der Waals surface area contributed by atoms with Crippen molar-refractivity contribution in [3.8, 4) is 0 Å². The summed E-state index contributed by atoms with van der Waals surface area (Å²) in [6, 6.07) is 0.513. The number of hydrogen-bond donors (Lipinski definition) is 2. The van der Waals surface area contributed by atoms with Gasteiger partial charge in [0.1, 0.15) is 6.10 Å². The predicted octanol–water partition coefficient (Wildman–Crippen LogP) is 1.17. The molecule has 0 bridgehead atoms. The van der Waals surface area contributed by atoms with Gasteiger partial charge in [-0.3, -0.25) is 0 Å². The maximum Gasteiger partial charge on any atom is 0.405 e. The molecule has 0 fully saturated rings. The van der Waals surface area contributed by atoms with Crippen LogP contribution in [0, 0.1) is 0 Å². The molecule has 4 heteroatoms. The van der Waals surface area contributed by atoms with E-state index in [1.807, 2.05) is 13.1 Å². The van der Waals surface area contributed by atoms with Crippen LogP contribution in [0.25, 0.3) is 0 Å². The van der Waals surface area contributed by atoms with E-state index in [0.29, 0.717) is 6.04 Å². The topological polar surface area (TPSA) is 64.3 Å². The Morgan fingerprint density at radius 2 is 2.29 bits per heavy atom. The van der Waals surface area contributed by atoms with Gasteiger partial charge in [0, 0.05) is 6.04 Å². The van der Waals surface area contributed by atoms with Gasteiger partial charge in [0.15, 0.2) is 0 Å². The van der Waals surface area contributed by atoms with Crippen LogP contribution >= 0.6 is 0 Å². The van der Waals surface area contributed by atoms with Crippen molar-refractivity contribution in [3.05, 3.63) is 12.2 Å². The summed E-state index contributed by atoms with van der Waals surface area (Å²) in [5.41, 5.74) is 4.97. The average Bonchev–Trinajstić information content (AvgIpc) is 2.10. The van der Waals surface area contributed by atoms with Crippen molar-refractivity contribution in [2.24, 2.45) is 5.73 Å². The highest BCUT2D eigenvalue weighted by atomic mass is 16.6. The standard InChI is InChI=1S/C10H18N2O2/c1-12-8-4-2-3-5-9(7-6-8)14-10(11)13/h3,5,8-9,12H,2,4,6-7H2,1H3,(H2,11,13). The monoisotopic (exact) mass is 198 g/mol. The molecular weight excluding hydrogens is 180 g/mol. The maximum absolute atomic E-state index is 10.6. The second kappa shape index (κ2) is 5.65. The summed E-state index contributed by atoms with van der Waals surface area (Å²) in [4.78, 5) is 10.6. The number of amides is 1. The summed E-state index contributed by atoms with van der Waals surface area (Å²) in [6.07, 6.45) is 7.14. The molecule has 4 nitrogen and oxygen atoms in total. The number of carbonyl (C=O) groups is 1. The first-order valence-electron chi connectivity index (χ1n) is 5.02. The van der Waals surface area contributed by atoms with Gasteiger partial charge in [-0.15, -0.1) is 0 Å². The molecule has 2 atom stereocenters. The van der Waals surface area contributed by atoms with Crippen LogP contribution in [0.5, 0.6) is 0 Å². The van der Waals surface area contributed by atoms with Crippen LogP contribution in [0.2, 0.25) is 0 Å². The molecule has 1 aliphatic rings. The highest BCUT2D eigenvalue weighted by molar-refractivity contribution is 5.65. The fraction of sp³-hybridized carbons (Fsp3) is 0.700. The van der Waals surface area contributed by atoms with Gasteiger partial charge >= 0.3 is 6.09 Å². The van der Waals surface area contributed by atoms with E-state index < -0.39 is 6.09 Å². The molecule has 2 unspecified atom stereocenters. The Morgan fingerprint density at radius 3 is 2.93 bits per heavy atom. The van der Waals surface area contributed by atoms with Crippen molar-refractivity contribution in [1.82, 2.24) is 5.32 Å². The normalized spacial score (nSPS) is 27.8. The highest BCUT2D eigenvalue weighted by Crippen LogP contribution is 2.14. The summed E-state index contributed by atoms with van der Waals surface area (Å²) < 4.78 is 4.94. The molecule has 1 aliphatic carbocycles. The van der Waals surface area contributed by atoms with Crippen molar-refractivity contribution in [1.29, 1.82) is 0 Å². The van der Waals surface area contributed by atoms with E-state index in [1.54, 1.807) is 0 Å². The van der Waals surface area contributed by atoms with Gasteiger partial charge in [-0.25, -0.2) is 4.79 Å². The zero-order valence-electron chi connectivity index (χ0n) is 8.53. The Kier molecular flexibility index (Phi) is 4.46. The predicted molar refractivity (Wildman–Crippen MR) is 54.9 cm³/mol. The van der Waals surface area contributed by atoms with Crippen LogP contribution in [0.3, 0.4) is 0 Å². The van der Waals surface area contributed by atoms with Crippen LogP contribution in [0.15, 0.2) is 12.2 Å². The van der Waals surface area contributed by atoms with Crippen LogP contribution in [0.1, 0.15) is 25.7 Å². The molecule has 80 valence electrons. The quantitative estimate of drug-likeness (QED) is 0.655. The van der Waals surface area contributed by atoms with Crippen LogP contribution < -0.4 is 11.1 Å². The SMILES string of the molecule is CNC1CCC=CC(OC(N)=O)CC1. The third-order valence-corrected chi connectivity index (χ3v) is 2.51. The second-order valence-electron chi connectivity index (χ2n) is 3.54. The van der Waals surface area contributed by atoms with E-state index in [0.717, 1.165) is 25.7 Å².